The van der Waals surface area contributed by atoms with Crippen LogP contribution in [0.25, 0.3) is 0 Å². The molecule has 0 aromatic heterocycles. The second kappa shape index (κ2) is 7.19. The molecule has 1 amide bonds. The molecular formula is C11H16FNO11P2. The van der Waals surface area contributed by atoms with Crippen LogP contribution in [0, 0.1) is 0 Å². The van der Waals surface area contributed by atoms with E-state index in [1.807, 2.05) is 0 Å². The summed E-state index contributed by atoms with van der Waals surface area (Å²) in [6.07, 6.45) is -3.68. The van der Waals surface area contributed by atoms with Crippen molar-refractivity contribution >= 4 is 27.3 Å². The quantitative estimate of drug-likeness (QED) is 0.317. The number of allylic oxidation sites excluding steroid dienone is 1. The molecule has 0 aliphatic carbocycles. The standard InChI is InChI=1S/C11H16FNO11P2/c1-11(12)9(16)7(5-22-26(20,21)24-25(17,18)19)23-10(11)13-3-2-6(14)4-8(13)15/h2-3,7,9-10,16H,4-5H2,1H3,(H,20,21)(H2,17,18,19)/t7-,9-,10-,11-/m1/s1. The molecule has 2 heterocycles. The Labute approximate surface area is 146 Å². The third kappa shape index (κ3) is 4.83. The number of nitrogens with zero attached hydrogens (tertiary/aromatic N) is 1. The number of amides is 1. The molecule has 2 aliphatic heterocycles. The minimum absolute atomic E-state index is 0.499. The average Bonchev–Trinajstić information content (AvgIpc) is 2.66. The van der Waals surface area contributed by atoms with Crippen LogP contribution in [0.1, 0.15) is 13.3 Å². The van der Waals surface area contributed by atoms with Crippen LogP contribution in [0.5, 0.6) is 0 Å². The third-order valence-corrected chi connectivity index (χ3v) is 5.77. The van der Waals surface area contributed by atoms with Gasteiger partial charge in [0.05, 0.1) is 13.0 Å². The van der Waals surface area contributed by atoms with Gasteiger partial charge in [0, 0.05) is 6.20 Å². The van der Waals surface area contributed by atoms with Gasteiger partial charge in [-0.25, -0.2) is 13.5 Å². The Kier molecular flexibility index (Phi) is 5.89. The molecule has 148 valence electrons. The largest absolute Gasteiger partial charge is 0.481 e. The van der Waals surface area contributed by atoms with Gasteiger partial charge in [-0.15, -0.1) is 0 Å². The van der Waals surface area contributed by atoms with E-state index in [4.69, 9.17) is 14.5 Å². The number of ether oxygens (including phenoxy) is 1. The highest BCUT2D eigenvalue weighted by Gasteiger charge is 2.57. The summed E-state index contributed by atoms with van der Waals surface area (Å²) in [5.74, 6) is -1.28. The van der Waals surface area contributed by atoms with Gasteiger partial charge >= 0.3 is 15.6 Å². The van der Waals surface area contributed by atoms with Crippen molar-refractivity contribution in [2.24, 2.45) is 0 Å². The molecular weight excluding hydrogens is 403 g/mol. The van der Waals surface area contributed by atoms with Gasteiger partial charge in [0.1, 0.15) is 12.2 Å². The van der Waals surface area contributed by atoms with Gasteiger partial charge in [-0.2, -0.15) is 4.31 Å². The number of alkyl halides is 1. The second-order valence-corrected chi connectivity index (χ2v) is 8.55. The number of ketones is 1. The Balaban J connectivity index is 2.10. The van der Waals surface area contributed by atoms with Gasteiger partial charge in [-0.05, 0) is 13.0 Å². The molecule has 12 nitrogen and oxygen atoms in total. The minimum atomic E-state index is -5.35. The maximum Gasteiger partial charge on any atom is 0.481 e. The first-order valence-corrected chi connectivity index (χ1v) is 10.0. The number of phosphoric ester groups is 1. The number of halogens is 1. The highest BCUT2D eigenvalue weighted by molar-refractivity contribution is 7.60. The zero-order valence-electron chi connectivity index (χ0n) is 13.2. The summed E-state index contributed by atoms with van der Waals surface area (Å²) in [4.78, 5) is 50.0. The Hall–Kier alpha value is -1.01. The SMILES string of the molecule is C[C@@]1(F)[C@H](O)[C@@H](COP(=O)(O)OP(=O)(O)O)O[C@H]1N1C=CC(=O)CC1=O. The van der Waals surface area contributed by atoms with E-state index in [1.54, 1.807) is 0 Å². The van der Waals surface area contributed by atoms with Crippen molar-refractivity contribution in [1.29, 1.82) is 0 Å². The fourth-order valence-electron chi connectivity index (χ4n) is 2.43. The predicted octanol–water partition coefficient (Wildman–Crippen LogP) is -0.658. The normalized spacial score (nSPS) is 35.0. The molecule has 0 aromatic carbocycles. The fourth-order valence-corrected chi connectivity index (χ4v) is 4.03. The summed E-state index contributed by atoms with van der Waals surface area (Å²) in [7, 11) is -10.6. The van der Waals surface area contributed by atoms with Gasteiger partial charge < -0.3 is 24.5 Å². The monoisotopic (exact) mass is 419 g/mol. The number of carbonyl (C=O) groups excluding carboxylic acids is 2. The lowest BCUT2D eigenvalue weighted by molar-refractivity contribution is -0.150. The summed E-state index contributed by atoms with van der Waals surface area (Å²) in [5, 5.41) is 10.0. The van der Waals surface area contributed by atoms with E-state index in [1.165, 1.54) is 0 Å². The summed E-state index contributed by atoms with van der Waals surface area (Å²) in [6.45, 7) is -0.0693. The number of phosphoric acid groups is 2. The molecule has 0 aromatic rings. The van der Waals surface area contributed by atoms with Crippen LogP contribution < -0.4 is 0 Å². The first-order chi connectivity index (χ1) is 11.7. The molecule has 1 saturated heterocycles. The maximum atomic E-state index is 14.8. The summed E-state index contributed by atoms with van der Waals surface area (Å²) < 4.78 is 49.8. The van der Waals surface area contributed by atoms with Crippen LogP contribution in [-0.4, -0.2) is 67.1 Å². The molecule has 0 bridgehead atoms. The average molecular weight is 419 g/mol. The van der Waals surface area contributed by atoms with Crippen LogP contribution in [0.3, 0.4) is 0 Å². The van der Waals surface area contributed by atoms with Gasteiger partial charge in [-0.3, -0.25) is 19.0 Å². The van der Waals surface area contributed by atoms with Crippen LogP contribution in [-0.2, 0) is 32.3 Å². The van der Waals surface area contributed by atoms with E-state index in [-0.39, 0.29) is 0 Å². The van der Waals surface area contributed by atoms with Crippen molar-refractivity contribution in [2.45, 2.75) is 37.4 Å². The smallest absolute Gasteiger partial charge is 0.387 e. The molecule has 0 saturated carbocycles. The number of hydrogen-bond donors (Lipinski definition) is 4. The van der Waals surface area contributed by atoms with E-state index in [0.29, 0.717) is 0 Å². The molecule has 26 heavy (non-hydrogen) atoms. The van der Waals surface area contributed by atoms with Crippen molar-refractivity contribution in [2.75, 3.05) is 6.61 Å². The molecule has 2 aliphatic rings. The van der Waals surface area contributed by atoms with Gasteiger partial charge in [0.2, 0.25) is 5.91 Å². The minimum Gasteiger partial charge on any atom is -0.387 e. The molecule has 0 radical (unpaired) electrons. The number of carbonyl (C=O) groups is 2. The van der Waals surface area contributed by atoms with Crippen LogP contribution >= 0.6 is 15.6 Å². The van der Waals surface area contributed by atoms with Crippen molar-refractivity contribution < 1.29 is 56.5 Å². The Morgan fingerprint density at radius 1 is 1.38 bits per heavy atom. The maximum absolute atomic E-state index is 14.8. The molecule has 5 atom stereocenters. The predicted molar refractivity (Wildman–Crippen MR) is 78.7 cm³/mol. The van der Waals surface area contributed by atoms with E-state index >= 15 is 0 Å². The molecule has 0 spiro atoms. The van der Waals surface area contributed by atoms with E-state index < -0.39 is 64.5 Å². The van der Waals surface area contributed by atoms with E-state index in [9.17, 15) is 33.1 Å². The first kappa shape index (κ1) is 21.3. The van der Waals surface area contributed by atoms with Crippen molar-refractivity contribution in [3.8, 4) is 0 Å². The molecule has 1 unspecified atom stereocenters. The van der Waals surface area contributed by atoms with E-state index in [2.05, 4.69) is 8.83 Å². The Morgan fingerprint density at radius 3 is 2.54 bits per heavy atom. The second-order valence-electron chi connectivity index (χ2n) is 5.72. The zero-order valence-corrected chi connectivity index (χ0v) is 15.0. The first-order valence-electron chi connectivity index (χ1n) is 7.02. The van der Waals surface area contributed by atoms with Crippen molar-refractivity contribution in [3.63, 3.8) is 0 Å². The summed E-state index contributed by atoms with van der Waals surface area (Å²) >= 11 is 0. The van der Waals surface area contributed by atoms with Crippen molar-refractivity contribution in [3.05, 3.63) is 12.3 Å². The molecule has 1 fully saturated rings. The van der Waals surface area contributed by atoms with Crippen LogP contribution in [0.2, 0.25) is 0 Å². The third-order valence-electron chi connectivity index (χ3n) is 3.62. The summed E-state index contributed by atoms with van der Waals surface area (Å²) in [6, 6.07) is 0. The number of aliphatic hydroxyl groups is 1. The lowest BCUT2D eigenvalue weighted by Crippen LogP contribution is -2.51. The Morgan fingerprint density at radius 2 is 2.00 bits per heavy atom. The van der Waals surface area contributed by atoms with Gasteiger partial charge in [0.25, 0.3) is 0 Å². The topological polar surface area (TPSA) is 180 Å². The lowest BCUT2D eigenvalue weighted by Gasteiger charge is -2.32. The number of hydrogen-bond acceptors (Lipinski definition) is 8. The van der Waals surface area contributed by atoms with Crippen LogP contribution in [0.15, 0.2) is 12.3 Å². The Bertz CT molecular complexity index is 719. The summed E-state index contributed by atoms with van der Waals surface area (Å²) in [5.41, 5.74) is -2.54. The molecule has 4 N–H and O–H groups in total. The van der Waals surface area contributed by atoms with Crippen molar-refractivity contribution in [1.82, 2.24) is 4.90 Å². The van der Waals surface area contributed by atoms with Gasteiger partial charge in [0.15, 0.2) is 17.7 Å². The lowest BCUT2D eigenvalue weighted by atomic mass is 9.97. The van der Waals surface area contributed by atoms with Crippen LogP contribution in [0.4, 0.5) is 4.39 Å². The van der Waals surface area contributed by atoms with Gasteiger partial charge in [-0.1, -0.05) is 0 Å². The highest BCUT2D eigenvalue weighted by Crippen LogP contribution is 2.57. The molecule has 2 rings (SSSR count). The fraction of sp³-hybridized carbons (Fsp3) is 0.636. The zero-order chi connectivity index (χ0) is 19.9. The number of aliphatic hydroxyl groups excluding tert-OH is 1. The number of rotatable bonds is 6. The molecule has 15 heteroatoms. The van der Waals surface area contributed by atoms with E-state index in [0.717, 1.165) is 24.1 Å². The highest BCUT2D eigenvalue weighted by atomic mass is 31.3.